The van der Waals surface area contributed by atoms with Crippen LogP contribution >= 0.6 is 23.4 Å². The third kappa shape index (κ3) is 3.20. The van der Waals surface area contributed by atoms with Gasteiger partial charge in [-0.2, -0.15) is 0 Å². The van der Waals surface area contributed by atoms with E-state index in [0.29, 0.717) is 10.6 Å². The summed E-state index contributed by atoms with van der Waals surface area (Å²) in [6.07, 6.45) is 1.61. The van der Waals surface area contributed by atoms with Crippen LogP contribution in [0.3, 0.4) is 0 Å². The SMILES string of the molecule is O=C(O)c1cc2cc(CSc3ccc(Cl)cn3)ccc2o1. The number of hydrogen-bond acceptors (Lipinski definition) is 4. The second-order valence-electron chi connectivity index (χ2n) is 4.39. The summed E-state index contributed by atoms with van der Waals surface area (Å²) in [4.78, 5) is 15.1. The molecular formula is C15H10ClNO3S. The van der Waals surface area contributed by atoms with Gasteiger partial charge in [0.25, 0.3) is 0 Å². The van der Waals surface area contributed by atoms with E-state index in [1.54, 1.807) is 30.1 Å². The molecule has 2 aromatic heterocycles. The number of aromatic nitrogens is 1. The summed E-state index contributed by atoms with van der Waals surface area (Å²) in [5.41, 5.74) is 1.65. The van der Waals surface area contributed by atoms with E-state index in [4.69, 9.17) is 21.1 Å². The van der Waals surface area contributed by atoms with Gasteiger partial charge in [-0.15, -0.1) is 11.8 Å². The highest BCUT2D eigenvalue weighted by molar-refractivity contribution is 7.98. The second-order valence-corrected chi connectivity index (χ2v) is 5.82. The fourth-order valence-electron chi connectivity index (χ4n) is 1.89. The lowest BCUT2D eigenvalue weighted by Gasteiger charge is -2.01. The molecule has 0 atom stereocenters. The minimum Gasteiger partial charge on any atom is -0.475 e. The first-order valence-corrected chi connectivity index (χ1v) is 7.48. The van der Waals surface area contributed by atoms with E-state index in [9.17, 15) is 4.79 Å². The van der Waals surface area contributed by atoms with Gasteiger partial charge in [-0.05, 0) is 35.9 Å². The monoisotopic (exact) mass is 319 g/mol. The Labute approximate surface area is 129 Å². The summed E-state index contributed by atoms with van der Waals surface area (Å²) in [6.45, 7) is 0. The number of carbonyl (C=O) groups is 1. The topological polar surface area (TPSA) is 63.3 Å². The minimum absolute atomic E-state index is 0.0471. The highest BCUT2D eigenvalue weighted by Gasteiger charge is 2.10. The Morgan fingerprint density at radius 2 is 2.14 bits per heavy atom. The van der Waals surface area contributed by atoms with Crippen molar-refractivity contribution in [3.63, 3.8) is 0 Å². The van der Waals surface area contributed by atoms with E-state index in [1.807, 2.05) is 18.2 Å². The number of carboxylic acid groups (broad SMARTS) is 1. The van der Waals surface area contributed by atoms with Crippen molar-refractivity contribution in [1.29, 1.82) is 0 Å². The van der Waals surface area contributed by atoms with Crippen LogP contribution in [0.15, 0.2) is 52.0 Å². The highest BCUT2D eigenvalue weighted by Crippen LogP contribution is 2.26. The number of rotatable bonds is 4. The molecule has 1 N–H and O–H groups in total. The first-order chi connectivity index (χ1) is 10.1. The fraction of sp³-hybridized carbons (Fsp3) is 0.0667. The van der Waals surface area contributed by atoms with Crippen molar-refractivity contribution < 1.29 is 14.3 Å². The molecule has 0 aliphatic rings. The molecule has 0 spiro atoms. The molecule has 0 radical (unpaired) electrons. The predicted molar refractivity (Wildman–Crippen MR) is 82.0 cm³/mol. The number of pyridine rings is 1. The Hall–Kier alpha value is -1.98. The van der Waals surface area contributed by atoms with Gasteiger partial charge in [0.05, 0.1) is 10.0 Å². The Kier molecular flexibility index (Phi) is 3.86. The molecule has 3 aromatic rings. The van der Waals surface area contributed by atoms with Crippen LogP contribution in [0.25, 0.3) is 11.0 Å². The molecule has 0 unspecified atom stereocenters. The van der Waals surface area contributed by atoms with Crippen molar-refractivity contribution >= 4 is 40.3 Å². The van der Waals surface area contributed by atoms with E-state index in [2.05, 4.69) is 4.98 Å². The smallest absolute Gasteiger partial charge is 0.371 e. The lowest BCUT2D eigenvalue weighted by Crippen LogP contribution is -1.91. The maximum Gasteiger partial charge on any atom is 0.371 e. The first-order valence-electron chi connectivity index (χ1n) is 6.12. The van der Waals surface area contributed by atoms with Crippen molar-refractivity contribution in [2.45, 2.75) is 10.8 Å². The Morgan fingerprint density at radius 3 is 2.86 bits per heavy atom. The lowest BCUT2D eigenvalue weighted by atomic mass is 10.2. The second kappa shape index (κ2) is 5.79. The summed E-state index contributed by atoms with van der Waals surface area (Å²) in [7, 11) is 0. The largest absolute Gasteiger partial charge is 0.475 e. The molecule has 0 amide bonds. The van der Waals surface area contributed by atoms with Crippen LogP contribution in [0.4, 0.5) is 0 Å². The Balaban J connectivity index is 1.77. The van der Waals surface area contributed by atoms with E-state index >= 15 is 0 Å². The molecule has 0 bridgehead atoms. The van der Waals surface area contributed by atoms with Crippen molar-refractivity contribution in [1.82, 2.24) is 4.98 Å². The summed E-state index contributed by atoms with van der Waals surface area (Å²) in [6, 6.07) is 10.8. The van der Waals surface area contributed by atoms with Crippen LogP contribution in [-0.2, 0) is 5.75 Å². The fourth-order valence-corrected chi connectivity index (χ4v) is 2.79. The summed E-state index contributed by atoms with van der Waals surface area (Å²) >= 11 is 7.38. The first kappa shape index (κ1) is 14.0. The molecule has 21 heavy (non-hydrogen) atoms. The highest BCUT2D eigenvalue weighted by atomic mass is 35.5. The van der Waals surface area contributed by atoms with Gasteiger partial charge < -0.3 is 9.52 Å². The molecule has 6 heteroatoms. The van der Waals surface area contributed by atoms with Crippen LogP contribution in [0.1, 0.15) is 16.1 Å². The molecule has 3 rings (SSSR count). The molecule has 4 nitrogen and oxygen atoms in total. The van der Waals surface area contributed by atoms with Gasteiger partial charge in [0, 0.05) is 17.3 Å². The van der Waals surface area contributed by atoms with Gasteiger partial charge >= 0.3 is 5.97 Å². The molecule has 106 valence electrons. The maximum atomic E-state index is 10.9. The van der Waals surface area contributed by atoms with Crippen molar-refractivity contribution in [2.75, 3.05) is 0 Å². The van der Waals surface area contributed by atoms with Crippen LogP contribution in [0, 0.1) is 0 Å². The zero-order valence-electron chi connectivity index (χ0n) is 10.7. The number of halogens is 1. The van der Waals surface area contributed by atoms with E-state index in [0.717, 1.165) is 21.7 Å². The zero-order valence-corrected chi connectivity index (χ0v) is 12.3. The van der Waals surface area contributed by atoms with Gasteiger partial charge in [0.2, 0.25) is 5.76 Å². The van der Waals surface area contributed by atoms with Crippen LogP contribution < -0.4 is 0 Å². The standard InChI is InChI=1S/C15H10ClNO3S/c16-11-2-4-14(17-7-11)21-8-9-1-3-12-10(5-9)6-13(20-12)15(18)19/h1-7H,8H2,(H,18,19). The van der Waals surface area contributed by atoms with Crippen LogP contribution in [0.5, 0.6) is 0 Å². The average molecular weight is 320 g/mol. The van der Waals surface area contributed by atoms with Gasteiger partial charge in [-0.25, -0.2) is 9.78 Å². The number of furan rings is 1. The van der Waals surface area contributed by atoms with Gasteiger partial charge in [0.1, 0.15) is 5.58 Å². The molecular weight excluding hydrogens is 310 g/mol. The molecule has 0 aliphatic carbocycles. The lowest BCUT2D eigenvalue weighted by molar-refractivity contribution is 0.0665. The van der Waals surface area contributed by atoms with Crippen LogP contribution in [-0.4, -0.2) is 16.1 Å². The third-order valence-electron chi connectivity index (χ3n) is 2.88. The molecule has 1 aromatic carbocycles. The van der Waals surface area contributed by atoms with Crippen molar-refractivity contribution in [3.05, 3.63) is 58.9 Å². The zero-order chi connectivity index (χ0) is 14.8. The summed E-state index contributed by atoms with van der Waals surface area (Å²) < 4.78 is 5.23. The summed E-state index contributed by atoms with van der Waals surface area (Å²) in [5, 5.41) is 11.2. The Bertz CT molecular complexity index is 798. The quantitative estimate of drug-likeness (QED) is 0.719. The van der Waals surface area contributed by atoms with Crippen molar-refractivity contribution in [3.8, 4) is 0 Å². The number of nitrogens with zero attached hydrogens (tertiary/aromatic N) is 1. The minimum atomic E-state index is -1.06. The molecule has 0 saturated carbocycles. The number of aromatic carboxylic acids is 1. The van der Waals surface area contributed by atoms with Gasteiger partial charge in [0.15, 0.2) is 0 Å². The number of fused-ring (bicyclic) bond motifs is 1. The van der Waals surface area contributed by atoms with Gasteiger partial charge in [-0.3, -0.25) is 0 Å². The average Bonchev–Trinajstić information content (AvgIpc) is 2.90. The normalized spacial score (nSPS) is 10.9. The maximum absolute atomic E-state index is 10.9. The van der Waals surface area contributed by atoms with Crippen molar-refractivity contribution in [2.24, 2.45) is 0 Å². The predicted octanol–water partition coefficient (Wildman–Crippen LogP) is 4.47. The molecule has 0 fully saturated rings. The number of hydrogen-bond donors (Lipinski definition) is 1. The number of thioether (sulfide) groups is 1. The third-order valence-corrected chi connectivity index (χ3v) is 4.12. The van der Waals surface area contributed by atoms with Gasteiger partial charge in [-0.1, -0.05) is 17.7 Å². The molecule has 0 saturated heterocycles. The Morgan fingerprint density at radius 1 is 1.29 bits per heavy atom. The molecule has 0 aliphatic heterocycles. The van der Waals surface area contributed by atoms with E-state index < -0.39 is 5.97 Å². The summed E-state index contributed by atoms with van der Waals surface area (Å²) in [5.74, 6) is -0.375. The van der Waals surface area contributed by atoms with Crippen LogP contribution in [0.2, 0.25) is 5.02 Å². The number of benzene rings is 1. The van der Waals surface area contributed by atoms with E-state index in [1.165, 1.54) is 6.07 Å². The number of carboxylic acids is 1. The molecule has 2 heterocycles. The van der Waals surface area contributed by atoms with E-state index in [-0.39, 0.29) is 5.76 Å².